The van der Waals surface area contributed by atoms with Crippen molar-refractivity contribution in [3.63, 3.8) is 0 Å². The van der Waals surface area contributed by atoms with E-state index in [-0.39, 0.29) is 5.91 Å². The molecule has 0 saturated carbocycles. The van der Waals surface area contributed by atoms with Crippen LogP contribution in [0, 0.1) is 6.92 Å². The monoisotopic (exact) mass is 362 g/mol. The third-order valence-electron chi connectivity index (χ3n) is 3.92. The Morgan fingerprint density at radius 1 is 0.778 bits per heavy atom. The molecule has 1 heterocycles. The maximum absolute atomic E-state index is 12.3. The van der Waals surface area contributed by atoms with Crippen LogP contribution in [0.3, 0.4) is 0 Å². The predicted octanol–water partition coefficient (Wildman–Crippen LogP) is 2.65. The molecule has 2 aromatic carbocycles. The van der Waals surface area contributed by atoms with E-state index in [9.17, 15) is 14.4 Å². The van der Waals surface area contributed by atoms with E-state index in [0.717, 1.165) is 5.56 Å². The third-order valence-corrected chi connectivity index (χ3v) is 3.92. The zero-order valence-electron chi connectivity index (χ0n) is 14.6. The Balaban J connectivity index is 1.68. The number of hydrogen-bond acceptors (Lipinski definition) is 3. The Morgan fingerprint density at radius 2 is 1.52 bits per heavy atom. The first-order chi connectivity index (χ1) is 13.0. The molecule has 0 aliphatic carbocycles. The Labute approximate surface area is 155 Å². The first-order valence-electron chi connectivity index (χ1n) is 8.26. The number of aromatic amines is 1. The highest BCUT2D eigenvalue weighted by Crippen LogP contribution is 2.18. The van der Waals surface area contributed by atoms with Crippen LogP contribution in [0.4, 0.5) is 5.69 Å². The Kier molecular flexibility index (Phi) is 5.32. The van der Waals surface area contributed by atoms with Crippen LogP contribution in [-0.2, 0) is 0 Å². The van der Waals surface area contributed by atoms with Crippen molar-refractivity contribution in [3.8, 4) is 0 Å². The molecule has 27 heavy (non-hydrogen) atoms. The van der Waals surface area contributed by atoms with E-state index in [1.54, 1.807) is 60.8 Å². The second-order valence-electron chi connectivity index (χ2n) is 5.84. The van der Waals surface area contributed by atoms with E-state index in [1.165, 1.54) is 0 Å². The summed E-state index contributed by atoms with van der Waals surface area (Å²) in [5.41, 5.74) is 7.16. The molecule has 0 spiro atoms. The lowest BCUT2D eigenvalue weighted by atomic mass is 10.1. The van der Waals surface area contributed by atoms with Gasteiger partial charge < -0.3 is 10.3 Å². The maximum atomic E-state index is 12.3. The van der Waals surface area contributed by atoms with Gasteiger partial charge in [-0.25, -0.2) is 0 Å². The average Bonchev–Trinajstić information content (AvgIpc) is 3.23. The van der Waals surface area contributed by atoms with Gasteiger partial charge in [0.2, 0.25) is 0 Å². The highest BCUT2D eigenvalue weighted by Gasteiger charge is 2.13. The molecule has 0 aliphatic rings. The van der Waals surface area contributed by atoms with Gasteiger partial charge in [-0.05, 0) is 48.9 Å². The molecule has 1 aromatic heterocycles. The summed E-state index contributed by atoms with van der Waals surface area (Å²) in [5.74, 6) is -1.22. The fourth-order valence-electron chi connectivity index (χ4n) is 2.41. The van der Waals surface area contributed by atoms with Crippen molar-refractivity contribution in [2.75, 3.05) is 5.32 Å². The van der Waals surface area contributed by atoms with Gasteiger partial charge in [0, 0.05) is 23.0 Å². The van der Waals surface area contributed by atoms with E-state index in [2.05, 4.69) is 21.2 Å². The van der Waals surface area contributed by atoms with Crippen LogP contribution in [-0.4, -0.2) is 22.7 Å². The summed E-state index contributed by atoms with van der Waals surface area (Å²) in [6, 6.07) is 17.0. The van der Waals surface area contributed by atoms with Crippen LogP contribution < -0.4 is 16.2 Å². The van der Waals surface area contributed by atoms with Crippen LogP contribution in [0.1, 0.15) is 36.8 Å². The first-order valence-corrected chi connectivity index (χ1v) is 8.26. The second kappa shape index (κ2) is 8.01. The number of H-pyrrole nitrogens is 1. The van der Waals surface area contributed by atoms with Gasteiger partial charge in [0.25, 0.3) is 17.7 Å². The molecule has 3 rings (SSSR count). The van der Waals surface area contributed by atoms with Crippen LogP contribution in [0.5, 0.6) is 0 Å². The summed E-state index contributed by atoms with van der Waals surface area (Å²) in [7, 11) is 0. The van der Waals surface area contributed by atoms with E-state index >= 15 is 0 Å². The molecular formula is C20H18N4O3. The summed E-state index contributed by atoms with van der Waals surface area (Å²) < 4.78 is 0. The number of nitrogens with one attached hydrogen (secondary N) is 4. The first kappa shape index (κ1) is 17.9. The fraction of sp³-hybridized carbons (Fsp3) is 0.0500. The number of benzene rings is 2. The third kappa shape index (κ3) is 4.40. The highest BCUT2D eigenvalue weighted by atomic mass is 16.2. The number of carbonyl (C=O) groups is 3. The number of amides is 3. The zero-order valence-corrected chi connectivity index (χ0v) is 14.6. The van der Waals surface area contributed by atoms with Crippen molar-refractivity contribution in [1.29, 1.82) is 0 Å². The fourth-order valence-corrected chi connectivity index (χ4v) is 2.41. The molecule has 3 amide bonds. The maximum Gasteiger partial charge on any atom is 0.286 e. The van der Waals surface area contributed by atoms with Crippen molar-refractivity contribution >= 4 is 23.4 Å². The molecule has 0 radical (unpaired) electrons. The van der Waals surface area contributed by atoms with Crippen molar-refractivity contribution in [2.24, 2.45) is 0 Å². The molecule has 0 atom stereocenters. The van der Waals surface area contributed by atoms with E-state index < -0.39 is 11.8 Å². The number of rotatable bonds is 4. The van der Waals surface area contributed by atoms with Crippen LogP contribution in [0.15, 0.2) is 66.9 Å². The van der Waals surface area contributed by atoms with Gasteiger partial charge in [-0.1, -0.05) is 24.3 Å². The molecule has 0 saturated heterocycles. The molecule has 0 unspecified atom stereocenters. The molecule has 0 fully saturated rings. The Morgan fingerprint density at radius 3 is 2.22 bits per heavy atom. The van der Waals surface area contributed by atoms with Crippen molar-refractivity contribution in [2.45, 2.75) is 6.92 Å². The average molecular weight is 362 g/mol. The van der Waals surface area contributed by atoms with Crippen LogP contribution >= 0.6 is 0 Å². The number of hydrogen-bond donors (Lipinski definition) is 4. The summed E-state index contributed by atoms with van der Waals surface area (Å²) >= 11 is 0. The Bertz CT molecular complexity index is 966. The molecular weight excluding hydrogens is 344 g/mol. The summed E-state index contributed by atoms with van der Waals surface area (Å²) in [6.45, 7) is 1.83. The summed E-state index contributed by atoms with van der Waals surface area (Å²) in [4.78, 5) is 39.2. The minimum Gasteiger partial charge on any atom is -0.357 e. The quantitative estimate of drug-likeness (QED) is 0.537. The predicted molar refractivity (Wildman–Crippen MR) is 101 cm³/mol. The summed E-state index contributed by atoms with van der Waals surface area (Å²) in [5, 5.41) is 2.80. The largest absolute Gasteiger partial charge is 0.357 e. The van der Waals surface area contributed by atoms with Crippen LogP contribution in [0.25, 0.3) is 0 Å². The molecule has 4 N–H and O–H groups in total. The lowest BCUT2D eigenvalue weighted by Gasteiger charge is -2.11. The van der Waals surface area contributed by atoms with Gasteiger partial charge in [-0.15, -0.1) is 0 Å². The van der Waals surface area contributed by atoms with Gasteiger partial charge in [-0.3, -0.25) is 25.2 Å². The van der Waals surface area contributed by atoms with E-state index in [4.69, 9.17) is 0 Å². The molecule has 136 valence electrons. The van der Waals surface area contributed by atoms with Crippen molar-refractivity contribution in [1.82, 2.24) is 15.8 Å². The van der Waals surface area contributed by atoms with Gasteiger partial charge in [0.15, 0.2) is 0 Å². The minimum absolute atomic E-state index is 0.267. The molecule has 3 aromatic rings. The van der Waals surface area contributed by atoms with Crippen molar-refractivity contribution in [3.05, 3.63) is 89.2 Å². The molecule has 7 nitrogen and oxygen atoms in total. The number of anilines is 1. The summed E-state index contributed by atoms with van der Waals surface area (Å²) in [6.07, 6.45) is 1.61. The topological polar surface area (TPSA) is 103 Å². The zero-order chi connectivity index (χ0) is 19.2. The molecule has 7 heteroatoms. The number of aromatic nitrogens is 1. The number of aryl methyl sites for hydroxylation is 1. The van der Waals surface area contributed by atoms with Gasteiger partial charge in [0.1, 0.15) is 5.69 Å². The highest BCUT2D eigenvalue weighted by molar-refractivity contribution is 6.05. The normalized spacial score (nSPS) is 10.1. The standard InChI is InChI=1S/C20H18N4O3/c1-13-9-10-15(19(26)23-24-20(27)16-8-5-11-21-16)12-17(13)22-18(25)14-6-3-2-4-7-14/h2-12,21H,1H3,(H,22,25)(H,23,26)(H,24,27). The number of hydrazine groups is 1. The van der Waals surface area contributed by atoms with Gasteiger partial charge in [0.05, 0.1) is 0 Å². The minimum atomic E-state index is -0.495. The molecule has 0 aliphatic heterocycles. The van der Waals surface area contributed by atoms with Crippen molar-refractivity contribution < 1.29 is 14.4 Å². The number of carbonyl (C=O) groups excluding carboxylic acids is 3. The van der Waals surface area contributed by atoms with Crippen LogP contribution in [0.2, 0.25) is 0 Å². The van der Waals surface area contributed by atoms with E-state index in [1.807, 2.05) is 13.0 Å². The van der Waals surface area contributed by atoms with E-state index in [0.29, 0.717) is 22.5 Å². The van der Waals surface area contributed by atoms with Gasteiger partial charge in [-0.2, -0.15) is 0 Å². The second-order valence-corrected chi connectivity index (χ2v) is 5.84. The molecule has 0 bridgehead atoms. The smallest absolute Gasteiger partial charge is 0.286 e. The van der Waals surface area contributed by atoms with Gasteiger partial charge >= 0.3 is 0 Å². The lowest BCUT2D eigenvalue weighted by molar-refractivity contribution is 0.0844. The lowest BCUT2D eigenvalue weighted by Crippen LogP contribution is -2.41. The Hall–Kier alpha value is -3.87. The SMILES string of the molecule is Cc1ccc(C(=O)NNC(=O)c2ccc[nH]2)cc1NC(=O)c1ccccc1.